The van der Waals surface area contributed by atoms with Crippen LogP contribution in [0.4, 0.5) is 0 Å². The minimum atomic E-state index is -0.257. The Balaban J connectivity index is 2.38. The quantitative estimate of drug-likeness (QED) is 0.482. The lowest BCUT2D eigenvalue weighted by atomic mass is 10.0. The average molecular weight is 265 g/mol. The van der Waals surface area contributed by atoms with Crippen molar-refractivity contribution in [3.8, 4) is 0 Å². The van der Waals surface area contributed by atoms with Gasteiger partial charge >= 0.3 is 0 Å². The number of carbonyl (C=O) groups is 1. The van der Waals surface area contributed by atoms with Gasteiger partial charge < -0.3 is 4.48 Å². The molecule has 0 saturated heterocycles. The van der Waals surface area contributed by atoms with Crippen LogP contribution in [0.5, 0.6) is 0 Å². The maximum atomic E-state index is 12.2. The van der Waals surface area contributed by atoms with E-state index in [1.165, 1.54) is 10.6 Å². The van der Waals surface area contributed by atoms with Gasteiger partial charge in [-0.15, -0.1) is 0 Å². The molecule has 0 bridgehead atoms. The van der Waals surface area contributed by atoms with E-state index in [-0.39, 0.29) is 16.9 Å². The Labute approximate surface area is 119 Å². The van der Waals surface area contributed by atoms with Gasteiger partial charge in [-0.25, -0.2) is 0 Å². The highest BCUT2D eigenvalue weighted by atomic mass is 16.1. The molecule has 0 aliphatic heterocycles. The first kappa shape index (κ1) is 14.1. The number of ketones is 1. The fraction of sp³-hybridized carbons (Fsp3) is 0.125. The lowest BCUT2D eigenvalue weighted by molar-refractivity contribution is 0.104. The van der Waals surface area contributed by atoms with Gasteiger partial charge in [-0.2, -0.15) is 0 Å². The van der Waals surface area contributed by atoms with Crippen molar-refractivity contribution in [3.63, 3.8) is 0 Å². The van der Waals surface area contributed by atoms with Crippen LogP contribution in [-0.2, 0) is 0 Å². The molecule has 0 unspecified atom stereocenters. The zero-order valence-corrected chi connectivity index (χ0v) is 11.9. The van der Waals surface area contributed by atoms with E-state index in [1.807, 2.05) is 43.3 Å². The van der Waals surface area contributed by atoms with E-state index in [4.69, 9.17) is 0 Å². The number of hydrogen-bond donors (Lipinski definition) is 0. The Morgan fingerprint density at radius 2 is 1.85 bits per heavy atom. The van der Waals surface area contributed by atoms with Gasteiger partial charge in [-0.1, -0.05) is 36.4 Å². The van der Waals surface area contributed by atoms with E-state index < -0.39 is 0 Å². The molecule has 1 heterocycles. The summed E-state index contributed by atoms with van der Waals surface area (Å²) in [6.07, 6.45) is 3.18. The molecule has 0 saturated carbocycles. The molecule has 3 nitrogen and oxygen atoms in total. The summed E-state index contributed by atoms with van der Waals surface area (Å²) in [6.45, 7) is 3.64. The molecule has 0 fully saturated rings. The first-order chi connectivity index (χ1) is 9.50. The molecule has 100 valence electrons. The Bertz CT molecular complexity index is 730. The normalized spacial score (nSPS) is 10.9. The van der Waals surface area contributed by atoms with Crippen LogP contribution in [0.2, 0.25) is 0 Å². The van der Waals surface area contributed by atoms with Crippen LogP contribution < -0.4 is 5.56 Å². The molecule has 0 atom stereocenters. The van der Waals surface area contributed by atoms with Gasteiger partial charge in [-0.3, -0.25) is 9.59 Å². The molecule has 0 spiro atoms. The second-order valence-corrected chi connectivity index (χ2v) is 4.82. The van der Waals surface area contributed by atoms with Crippen molar-refractivity contribution in [2.24, 2.45) is 0 Å². The predicted molar refractivity (Wildman–Crippen MR) is 83.9 cm³/mol. The summed E-state index contributed by atoms with van der Waals surface area (Å²) in [4.78, 5) is 24.4. The summed E-state index contributed by atoms with van der Waals surface area (Å²) in [7, 11) is 1.68. The monoisotopic (exact) mass is 265 g/mol. The van der Waals surface area contributed by atoms with E-state index in [0.717, 1.165) is 11.3 Å². The fourth-order valence-corrected chi connectivity index (χ4v) is 2.10. The SMILES string of the molecule is Bn1c(C)cc(C)c(C(=O)/C=C/c2ccccc2)c1=O. The van der Waals surface area contributed by atoms with Gasteiger partial charge in [0.25, 0.3) is 0 Å². The van der Waals surface area contributed by atoms with Crippen LogP contribution in [0.1, 0.15) is 27.2 Å². The summed E-state index contributed by atoms with van der Waals surface area (Å²) in [5.41, 5.74) is 2.49. The third kappa shape index (κ3) is 2.80. The number of allylic oxidation sites excluding steroid dienone is 1. The molecule has 1 aromatic carbocycles. The molecule has 2 rings (SSSR count). The number of benzene rings is 1. The minimum Gasteiger partial charge on any atom is -0.364 e. The van der Waals surface area contributed by atoms with Gasteiger partial charge in [0.05, 0.1) is 5.56 Å². The molecule has 0 N–H and O–H groups in total. The molecule has 2 aromatic rings. The minimum absolute atomic E-state index is 0.241. The summed E-state index contributed by atoms with van der Waals surface area (Å²) in [6, 6.07) is 11.4. The number of aromatic nitrogens is 1. The molecule has 4 heteroatoms. The summed E-state index contributed by atoms with van der Waals surface area (Å²) < 4.78 is 1.50. The number of nitrogens with zero attached hydrogens (tertiary/aromatic N) is 1. The van der Waals surface area contributed by atoms with E-state index in [2.05, 4.69) is 0 Å². The summed E-state index contributed by atoms with van der Waals surface area (Å²) in [5, 5.41) is 0. The van der Waals surface area contributed by atoms with Gasteiger partial charge in [0.1, 0.15) is 0 Å². The Morgan fingerprint density at radius 3 is 2.50 bits per heavy atom. The van der Waals surface area contributed by atoms with Gasteiger partial charge in [-0.05, 0) is 37.1 Å². The molecule has 0 amide bonds. The third-order valence-electron chi connectivity index (χ3n) is 3.34. The standard InChI is InChI=1S/C16H16BNO2/c1-11-10-12(2)18(17)16(20)15(11)14(19)9-8-13-6-4-3-5-7-13/h3-10H,17H2,1-2H3/b9-8+. The molecule has 0 aliphatic carbocycles. The van der Waals surface area contributed by atoms with Crippen molar-refractivity contribution in [1.29, 1.82) is 0 Å². The van der Waals surface area contributed by atoms with Crippen LogP contribution in [-0.4, -0.2) is 18.2 Å². The van der Waals surface area contributed by atoms with Crippen molar-refractivity contribution < 1.29 is 4.79 Å². The number of rotatable bonds is 3. The van der Waals surface area contributed by atoms with Crippen molar-refractivity contribution in [2.45, 2.75) is 13.8 Å². The molecular weight excluding hydrogens is 249 g/mol. The molecular formula is C16H16BNO2. The van der Waals surface area contributed by atoms with Crippen LogP contribution in [0, 0.1) is 13.8 Å². The maximum absolute atomic E-state index is 12.2. The largest absolute Gasteiger partial charge is 0.364 e. The highest BCUT2D eigenvalue weighted by Crippen LogP contribution is 2.08. The molecule has 0 aliphatic rings. The Morgan fingerprint density at radius 1 is 1.20 bits per heavy atom. The highest BCUT2D eigenvalue weighted by Gasteiger charge is 2.13. The summed E-state index contributed by atoms with van der Waals surface area (Å²) >= 11 is 0. The fourth-order valence-electron chi connectivity index (χ4n) is 2.10. The molecule has 1 aromatic heterocycles. The van der Waals surface area contributed by atoms with Gasteiger partial charge in [0, 0.05) is 5.69 Å². The Hall–Kier alpha value is -2.36. The topological polar surface area (TPSA) is 39.1 Å². The van der Waals surface area contributed by atoms with Crippen molar-refractivity contribution in [2.75, 3.05) is 0 Å². The zero-order valence-electron chi connectivity index (χ0n) is 11.9. The Kier molecular flexibility index (Phi) is 4.03. The van der Waals surface area contributed by atoms with Crippen molar-refractivity contribution in [3.05, 3.63) is 75.2 Å². The summed E-state index contributed by atoms with van der Waals surface area (Å²) in [5.74, 6) is -0.257. The third-order valence-corrected chi connectivity index (χ3v) is 3.34. The van der Waals surface area contributed by atoms with Crippen molar-refractivity contribution in [1.82, 2.24) is 4.48 Å². The van der Waals surface area contributed by atoms with E-state index >= 15 is 0 Å². The van der Waals surface area contributed by atoms with Gasteiger partial charge in [0.2, 0.25) is 13.5 Å². The molecule has 0 radical (unpaired) electrons. The number of pyridine rings is 1. The van der Waals surface area contributed by atoms with Crippen LogP contribution in [0.3, 0.4) is 0 Å². The van der Waals surface area contributed by atoms with Crippen molar-refractivity contribution >= 4 is 19.8 Å². The smallest absolute Gasteiger partial charge is 0.249 e. The average Bonchev–Trinajstić information content (AvgIpc) is 2.44. The second kappa shape index (κ2) is 5.74. The van der Waals surface area contributed by atoms with Crippen LogP contribution >= 0.6 is 0 Å². The van der Waals surface area contributed by atoms with E-state index in [1.54, 1.807) is 21.0 Å². The van der Waals surface area contributed by atoms with Crippen LogP contribution in [0.25, 0.3) is 6.08 Å². The van der Waals surface area contributed by atoms with E-state index in [9.17, 15) is 9.59 Å². The first-order valence-corrected chi connectivity index (χ1v) is 6.45. The lowest BCUT2D eigenvalue weighted by Crippen LogP contribution is -2.27. The number of aryl methyl sites for hydroxylation is 2. The number of hydrogen-bond acceptors (Lipinski definition) is 2. The van der Waals surface area contributed by atoms with Gasteiger partial charge in [0.15, 0.2) is 5.78 Å². The second-order valence-electron chi connectivity index (χ2n) is 4.82. The van der Waals surface area contributed by atoms with E-state index in [0.29, 0.717) is 5.56 Å². The zero-order chi connectivity index (χ0) is 14.7. The maximum Gasteiger partial charge on any atom is 0.249 e. The highest BCUT2D eigenvalue weighted by molar-refractivity contribution is 6.10. The van der Waals surface area contributed by atoms with Crippen LogP contribution in [0.15, 0.2) is 47.3 Å². The molecule has 20 heavy (non-hydrogen) atoms. The predicted octanol–water partition coefficient (Wildman–Crippen LogP) is 1.76. The lowest BCUT2D eigenvalue weighted by Gasteiger charge is -2.08. The number of carbonyl (C=O) groups excluding carboxylic acids is 1. The first-order valence-electron chi connectivity index (χ1n) is 6.45.